The van der Waals surface area contributed by atoms with Crippen LogP contribution in [0.15, 0.2) is 42.7 Å². The van der Waals surface area contributed by atoms with Gasteiger partial charge in [-0.05, 0) is 31.4 Å². The van der Waals surface area contributed by atoms with Crippen LogP contribution < -0.4 is 5.32 Å². The summed E-state index contributed by atoms with van der Waals surface area (Å²) in [5.41, 5.74) is 1.33. The molecule has 1 aromatic rings. The van der Waals surface area contributed by atoms with Gasteiger partial charge in [-0.25, -0.2) is 0 Å². The number of ether oxygens (including phenoxy) is 1. The van der Waals surface area contributed by atoms with Crippen LogP contribution >= 0.6 is 0 Å². The lowest BCUT2D eigenvalue weighted by atomic mass is 10.1. The van der Waals surface area contributed by atoms with Gasteiger partial charge < -0.3 is 10.1 Å². The largest absolute Gasteiger partial charge is 0.497 e. The molecule has 0 aliphatic carbocycles. The second kappa shape index (κ2) is 5.71. The van der Waals surface area contributed by atoms with Gasteiger partial charge in [0, 0.05) is 12.6 Å². The van der Waals surface area contributed by atoms with Gasteiger partial charge in [-0.1, -0.05) is 30.3 Å². The Kier molecular flexibility index (Phi) is 4.00. The van der Waals surface area contributed by atoms with Gasteiger partial charge in [0.25, 0.3) is 0 Å². The van der Waals surface area contributed by atoms with Gasteiger partial charge in [-0.15, -0.1) is 0 Å². The van der Waals surface area contributed by atoms with Crippen molar-refractivity contribution in [1.29, 1.82) is 0 Å². The van der Waals surface area contributed by atoms with Crippen molar-refractivity contribution in [2.24, 2.45) is 0 Å². The topological polar surface area (TPSA) is 21.3 Å². The molecule has 0 fully saturated rings. The van der Waals surface area contributed by atoms with Crippen LogP contribution in [0.1, 0.15) is 31.4 Å². The standard InChI is InChI=1S/C14H19NO/c1-12(13-7-3-2-4-8-13)15-11-14-9-5-6-10-16-14/h2-4,6-8,10,12,14-15H,5,9,11H2,1H3/t12-,14-/m0/s1. The number of rotatable bonds is 4. The third-order valence-corrected chi connectivity index (χ3v) is 2.97. The van der Waals surface area contributed by atoms with Crippen LogP contribution in [-0.4, -0.2) is 12.6 Å². The molecule has 1 heterocycles. The zero-order valence-corrected chi connectivity index (χ0v) is 9.73. The molecule has 16 heavy (non-hydrogen) atoms. The fourth-order valence-electron chi connectivity index (χ4n) is 1.90. The van der Waals surface area contributed by atoms with E-state index in [-0.39, 0.29) is 0 Å². The highest BCUT2D eigenvalue weighted by Gasteiger charge is 2.12. The first kappa shape index (κ1) is 11.2. The minimum Gasteiger partial charge on any atom is -0.497 e. The third kappa shape index (κ3) is 3.11. The summed E-state index contributed by atoms with van der Waals surface area (Å²) in [6, 6.07) is 10.9. The van der Waals surface area contributed by atoms with Crippen molar-refractivity contribution in [2.75, 3.05) is 6.54 Å². The molecule has 86 valence electrons. The van der Waals surface area contributed by atoms with Gasteiger partial charge in [0.2, 0.25) is 0 Å². The maximum atomic E-state index is 5.52. The minimum atomic E-state index is 0.330. The van der Waals surface area contributed by atoms with Gasteiger partial charge in [0.05, 0.1) is 6.26 Å². The molecule has 1 N–H and O–H groups in total. The summed E-state index contributed by atoms with van der Waals surface area (Å²) in [6.07, 6.45) is 6.48. The molecule has 2 atom stereocenters. The quantitative estimate of drug-likeness (QED) is 0.837. The molecule has 0 unspecified atom stereocenters. The maximum Gasteiger partial charge on any atom is 0.110 e. The van der Waals surface area contributed by atoms with E-state index in [1.165, 1.54) is 5.56 Å². The fraction of sp³-hybridized carbons (Fsp3) is 0.429. The van der Waals surface area contributed by atoms with E-state index in [0.29, 0.717) is 12.1 Å². The summed E-state index contributed by atoms with van der Waals surface area (Å²) < 4.78 is 5.52. The molecule has 0 saturated heterocycles. The van der Waals surface area contributed by atoms with E-state index >= 15 is 0 Å². The predicted molar refractivity (Wildman–Crippen MR) is 66.1 cm³/mol. The van der Waals surface area contributed by atoms with Gasteiger partial charge in [-0.2, -0.15) is 0 Å². The summed E-state index contributed by atoms with van der Waals surface area (Å²) >= 11 is 0. The van der Waals surface area contributed by atoms with Crippen LogP contribution in [-0.2, 0) is 4.74 Å². The van der Waals surface area contributed by atoms with Crippen LogP contribution in [0, 0.1) is 0 Å². The monoisotopic (exact) mass is 217 g/mol. The lowest BCUT2D eigenvalue weighted by Crippen LogP contribution is -2.30. The molecule has 0 bridgehead atoms. The van der Waals surface area contributed by atoms with Crippen molar-refractivity contribution in [3.8, 4) is 0 Å². The van der Waals surface area contributed by atoms with E-state index in [0.717, 1.165) is 19.4 Å². The average Bonchev–Trinajstić information content (AvgIpc) is 2.38. The summed E-state index contributed by atoms with van der Waals surface area (Å²) in [6.45, 7) is 3.11. The second-order valence-corrected chi connectivity index (χ2v) is 4.25. The molecule has 0 amide bonds. The first-order valence-corrected chi connectivity index (χ1v) is 5.95. The molecule has 0 aromatic heterocycles. The molecular formula is C14H19NO. The zero-order valence-electron chi connectivity index (χ0n) is 9.73. The number of allylic oxidation sites excluding steroid dienone is 1. The predicted octanol–water partition coefficient (Wildman–Crippen LogP) is 3.03. The van der Waals surface area contributed by atoms with Crippen molar-refractivity contribution in [2.45, 2.75) is 31.9 Å². The number of hydrogen-bond donors (Lipinski definition) is 1. The summed E-state index contributed by atoms with van der Waals surface area (Å²) in [7, 11) is 0. The lowest BCUT2D eigenvalue weighted by Gasteiger charge is -2.22. The Morgan fingerprint density at radius 1 is 1.38 bits per heavy atom. The van der Waals surface area contributed by atoms with E-state index in [4.69, 9.17) is 4.74 Å². The molecule has 1 aliphatic rings. The molecule has 1 aliphatic heterocycles. The van der Waals surface area contributed by atoms with Crippen molar-refractivity contribution < 1.29 is 4.74 Å². The first-order valence-electron chi connectivity index (χ1n) is 5.95. The van der Waals surface area contributed by atoms with Crippen LogP contribution in [0.25, 0.3) is 0 Å². The zero-order chi connectivity index (χ0) is 11.2. The van der Waals surface area contributed by atoms with Gasteiger partial charge >= 0.3 is 0 Å². The highest BCUT2D eigenvalue weighted by Crippen LogP contribution is 2.13. The van der Waals surface area contributed by atoms with E-state index in [1.54, 1.807) is 0 Å². The molecule has 2 heteroatoms. The molecule has 0 spiro atoms. The number of nitrogens with one attached hydrogen (secondary N) is 1. The Morgan fingerprint density at radius 2 is 2.19 bits per heavy atom. The van der Waals surface area contributed by atoms with Crippen molar-refractivity contribution in [3.63, 3.8) is 0 Å². The molecule has 1 aromatic carbocycles. The first-order chi connectivity index (χ1) is 7.86. The fourth-order valence-corrected chi connectivity index (χ4v) is 1.90. The summed E-state index contributed by atoms with van der Waals surface area (Å²) in [5.74, 6) is 0. The highest BCUT2D eigenvalue weighted by molar-refractivity contribution is 5.18. The van der Waals surface area contributed by atoms with E-state index in [2.05, 4.69) is 42.6 Å². The highest BCUT2D eigenvalue weighted by atomic mass is 16.5. The van der Waals surface area contributed by atoms with Crippen LogP contribution in [0.4, 0.5) is 0 Å². The maximum absolute atomic E-state index is 5.52. The smallest absolute Gasteiger partial charge is 0.110 e. The SMILES string of the molecule is C[C@H](NC[C@@H]1CCC=CO1)c1ccccc1. The molecule has 0 radical (unpaired) electrons. The Labute approximate surface area is 97.3 Å². The summed E-state index contributed by atoms with van der Waals surface area (Å²) in [4.78, 5) is 0. The molecule has 0 saturated carbocycles. The minimum absolute atomic E-state index is 0.330. The number of benzene rings is 1. The Morgan fingerprint density at radius 3 is 2.88 bits per heavy atom. The van der Waals surface area contributed by atoms with Crippen LogP contribution in [0.2, 0.25) is 0 Å². The lowest BCUT2D eigenvalue weighted by molar-refractivity contribution is 0.120. The van der Waals surface area contributed by atoms with Crippen LogP contribution in [0.5, 0.6) is 0 Å². The van der Waals surface area contributed by atoms with E-state index in [1.807, 2.05) is 12.3 Å². The van der Waals surface area contributed by atoms with Crippen LogP contribution in [0.3, 0.4) is 0 Å². The second-order valence-electron chi connectivity index (χ2n) is 4.25. The Bertz CT molecular complexity index is 334. The van der Waals surface area contributed by atoms with Gasteiger partial charge in [-0.3, -0.25) is 0 Å². The van der Waals surface area contributed by atoms with E-state index in [9.17, 15) is 0 Å². The molecular weight excluding hydrogens is 198 g/mol. The Balaban J connectivity index is 1.79. The van der Waals surface area contributed by atoms with Crippen molar-refractivity contribution in [3.05, 3.63) is 48.2 Å². The van der Waals surface area contributed by atoms with Crippen molar-refractivity contribution >= 4 is 0 Å². The van der Waals surface area contributed by atoms with E-state index < -0.39 is 0 Å². The molecule has 2 nitrogen and oxygen atoms in total. The van der Waals surface area contributed by atoms with Gasteiger partial charge in [0.15, 0.2) is 0 Å². The third-order valence-electron chi connectivity index (χ3n) is 2.97. The molecule has 2 rings (SSSR count). The van der Waals surface area contributed by atoms with Gasteiger partial charge in [0.1, 0.15) is 6.10 Å². The summed E-state index contributed by atoms with van der Waals surface area (Å²) in [5, 5.41) is 3.51. The normalized spacial score (nSPS) is 21.4. The average molecular weight is 217 g/mol. The van der Waals surface area contributed by atoms with Crippen molar-refractivity contribution in [1.82, 2.24) is 5.32 Å². The Hall–Kier alpha value is -1.28. The number of hydrogen-bond acceptors (Lipinski definition) is 2.